The first kappa shape index (κ1) is 11.1. The van der Waals surface area contributed by atoms with Crippen LogP contribution in [0.1, 0.15) is 15.9 Å². The Balaban J connectivity index is 2.72. The van der Waals surface area contributed by atoms with Gasteiger partial charge in [-0.3, -0.25) is 0 Å². The third-order valence-electron chi connectivity index (χ3n) is 2.58. The molecule has 0 saturated carbocycles. The number of alkyl halides is 1. The molecule has 2 aromatic carbocycles. The first-order valence-electron chi connectivity index (χ1n) is 4.93. The number of hydrogen-bond donors (Lipinski definition) is 0. The predicted octanol–water partition coefficient (Wildman–Crippen LogP) is 3.52. The molecular weight excluding hydrogens is 268 g/mol. The molecule has 0 saturated heterocycles. The zero-order valence-corrected chi connectivity index (χ0v) is 10.5. The van der Waals surface area contributed by atoms with E-state index in [1.807, 2.05) is 36.4 Å². The predicted molar refractivity (Wildman–Crippen MR) is 67.9 cm³/mol. The molecule has 0 heterocycles. The van der Waals surface area contributed by atoms with Gasteiger partial charge in [0.15, 0.2) is 0 Å². The van der Waals surface area contributed by atoms with Crippen LogP contribution in [0.4, 0.5) is 0 Å². The number of carbonyl (C=O) groups excluding carboxylic acids is 1. The van der Waals surface area contributed by atoms with Crippen LogP contribution in [-0.2, 0) is 10.1 Å². The molecule has 0 radical (unpaired) electrons. The van der Waals surface area contributed by atoms with E-state index in [4.69, 9.17) is 4.74 Å². The highest BCUT2D eigenvalue weighted by molar-refractivity contribution is 9.08. The zero-order valence-electron chi connectivity index (χ0n) is 8.87. The van der Waals surface area contributed by atoms with E-state index in [0.717, 1.165) is 16.3 Å². The first-order chi connectivity index (χ1) is 7.77. The maximum atomic E-state index is 11.6. The van der Waals surface area contributed by atoms with Crippen molar-refractivity contribution in [3.8, 4) is 0 Å². The zero-order chi connectivity index (χ0) is 11.5. The summed E-state index contributed by atoms with van der Waals surface area (Å²) < 4.78 is 4.77. The van der Waals surface area contributed by atoms with Gasteiger partial charge in [0, 0.05) is 5.33 Å². The van der Waals surface area contributed by atoms with Gasteiger partial charge in [0.1, 0.15) is 0 Å². The van der Waals surface area contributed by atoms with Crippen molar-refractivity contribution >= 4 is 32.7 Å². The minimum Gasteiger partial charge on any atom is -0.465 e. The van der Waals surface area contributed by atoms with E-state index in [2.05, 4.69) is 15.9 Å². The Morgan fingerprint density at radius 3 is 2.69 bits per heavy atom. The van der Waals surface area contributed by atoms with Crippen LogP contribution in [-0.4, -0.2) is 13.1 Å². The molecule has 2 aromatic rings. The van der Waals surface area contributed by atoms with Gasteiger partial charge >= 0.3 is 5.97 Å². The van der Waals surface area contributed by atoms with Gasteiger partial charge in [0.25, 0.3) is 0 Å². The summed E-state index contributed by atoms with van der Waals surface area (Å²) in [5.74, 6) is -0.291. The van der Waals surface area contributed by atoms with Crippen molar-refractivity contribution in [2.45, 2.75) is 5.33 Å². The number of halogens is 1. The number of methoxy groups -OCH3 is 1. The Hall–Kier alpha value is -1.35. The van der Waals surface area contributed by atoms with Crippen LogP contribution in [0, 0.1) is 0 Å². The average Bonchev–Trinajstić information content (AvgIpc) is 2.36. The van der Waals surface area contributed by atoms with E-state index in [-0.39, 0.29) is 5.97 Å². The Morgan fingerprint density at radius 2 is 2.00 bits per heavy atom. The normalized spacial score (nSPS) is 10.4. The Bertz CT molecular complexity index is 534. The van der Waals surface area contributed by atoms with Crippen molar-refractivity contribution in [1.82, 2.24) is 0 Å². The van der Waals surface area contributed by atoms with Crippen molar-refractivity contribution in [3.63, 3.8) is 0 Å². The van der Waals surface area contributed by atoms with Crippen molar-refractivity contribution in [2.24, 2.45) is 0 Å². The van der Waals surface area contributed by atoms with E-state index in [0.29, 0.717) is 10.9 Å². The summed E-state index contributed by atoms with van der Waals surface area (Å²) in [5.41, 5.74) is 1.60. The summed E-state index contributed by atoms with van der Waals surface area (Å²) in [7, 11) is 1.40. The molecule has 0 aliphatic heterocycles. The van der Waals surface area contributed by atoms with Gasteiger partial charge in [-0.1, -0.05) is 46.3 Å². The van der Waals surface area contributed by atoms with Crippen molar-refractivity contribution in [2.75, 3.05) is 7.11 Å². The van der Waals surface area contributed by atoms with E-state index in [9.17, 15) is 4.79 Å². The minimum absolute atomic E-state index is 0.291. The van der Waals surface area contributed by atoms with Gasteiger partial charge in [-0.25, -0.2) is 4.79 Å². The van der Waals surface area contributed by atoms with E-state index in [1.165, 1.54) is 7.11 Å². The Labute approximate surface area is 102 Å². The molecule has 2 nitrogen and oxygen atoms in total. The maximum Gasteiger partial charge on any atom is 0.338 e. The average molecular weight is 279 g/mol. The molecule has 0 atom stereocenters. The number of fused-ring (bicyclic) bond motifs is 1. The quantitative estimate of drug-likeness (QED) is 0.621. The fraction of sp³-hybridized carbons (Fsp3) is 0.154. The molecule has 0 spiro atoms. The van der Waals surface area contributed by atoms with Crippen molar-refractivity contribution in [1.29, 1.82) is 0 Å². The summed E-state index contributed by atoms with van der Waals surface area (Å²) in [6, 6.07) is 11.7. The minimum atomic E-state index is -0.291. The number of ether oxygens (including phenoxy) is 1. The Morgan fingerprint density at radius 1 is 1.25 bits per heavy atom. The topological polar surface area (TPSA) is 26.3 Å². The molecule has 0 aromatic heterocycles. The number of hydrogen-bond acceptors (Lipinski definition) is 2. The molecule has 16 heavy (non-hydrogen) atoms. The summed E-state index contributed by atoms with van der Waals surface area (Å²) >= 11 is 3.42. The lowest BCUT2D eigenvalue weighted by Gasteiger charge is -2.09. The van der Waals surface area contributed by atoms with Crippen LogP contribution >= 0.6 is 15.9 Å². The molecule has 0 unspecified atom stereocenters. The number of carbonyl (C=O) groups is 1. The largest absolute Gasteiger partial charge is 0.465 e. The molecule has 3 heteroatoms. The van der Waals surface area contributed by atoms with Gasteiger partial charge in [-0.15, -0.1) is 0 Å². The molecule has 2 rings (SSSR count). The molecule has 0 amide bonds. The molecule has 82 valence electrons. The van der Waals surface area contributed by atoms with Crippen LogP contribution in [0.2, 0.25) is 0 Å². The van der Waals surface area contributed by atoms with Gasteiger partial charge < -0.3 is 4.74 Å². The van der Waals surface area contributed by atoms with Gasteiger partial charge in [-0.2, -0.15) is 0 Å². The lowest BCUT2D eigenvalue weighted by molar-refractivity contribution is 0.0600. The second-order valence-corrected chi connectivity index (χ2v) is 4.00. The first-order valence-corrected chi connectivity index (χ1v) is 6.05. The number of benzene rings is 2. The van der Waals surface area contributed by atoms with Crippen LogP contribution in [0.15, 0.2) is 36.4 Å². The van der Waals surface area contributed by atoms with Crippen LogP contribution in [0.25, 0.3) is 10.8 Å². The summed E-state index contributed by atoms with van der Waals surface area (Å²) in [4.78, 5) is 11.6. The van der Waals surface area contributed by atoms with Crippen LogP contribution in [0.5, 0.6) is 0 Å². The second-order valence-electron chi connectivity index (χ2n) is 3.44. The molecule has 0 fully saturated rings. The summed E-state index contributed by atoms with van der Waals surface area (Å²) in [6.07, 6.45) is 0. The molecular formula is C13H11BrO2. The van der Waals surface area contributed by atoms with Gasteiger partial charge in [-0.05, 0) is 22.4 Å². The van der Waals surface area contributed by atoms with E-state index < -0.39 is 0 Å². The van der Waals surface area contributed by atoms with Crippen molar-refractivity contribution in [3.05, 3.63) is 47.5 Å². The van der Waals surface area contributed by atoms with Crippen LogP contribution in [0.3, 0.4) is 0 Å². The fourth-order valence-corrected chi connectivity index (χ4v) is 2.39. The fourth-order valence-electron chi connectivity index (χ4n) is 1.78. The molecule has 0 aliphatic rings. The van der Waals surface area contributed by atoms with Gasteiger partial charge in [0.05, 0.1) is 12.7 Å². The van der Waals surface area contributed by atoms with E-state index in [1.54, 1.807) is 0 Å². The van der Waals surface area contributed by atoms with Crippen LogP contribution < -0.4 is 0 Å². The van der Waals surface area contributed by atoms with Crippen molar-refractivity contribution < 1.29 is 9.53 Å². The molecule has 0 N–H and O–H groups in total. The third kappa shape index (κ3) is 1.83. The lowest BCUT2D eigenvalue weighted by Crippen LogP contribution is -2.05. The lowest BCUT2D eigenvalue weighted by atomic mass is 10.0. The number of rotatable bonds is 2. The maximum absolute atomic E-state index is 11.6. The number of esters is 1. The monoisotopic (exact) mass is 278 g/mol. The molecule has 0 bridgehead atoms. The van der Waals surface area contributed by atoms with Gasteiger partial charge in [0.2, 0.25) is 0 Å². The van der Waals surface area contributed by atoms with E-state index >= 15 is 0 Å². The summed E-state index contributed by atoms with van der Waals surface area (Å²) in [5, 5.41) is 2.85. The highest BCUT2D eigenvalue weighted by Crippen LogP contribution is 2.25. The Kier molecular flexibility index (Phi) is 3.25. The summed E-state index contributed by atoms with van der Waals surface area (Å²) in [6.45, 7) is 0. The SMILES string of the molecule is COC(=O)c1ccc2ccccc2c1CBr. The molecule has 0 aliphatic carbocycles. The highest BCUT2D eigenvalue weighted by atomic mass is 79.9. The standard InChI is InChI=1S/C13H11BrO2/c1-16-13(15)11-7-6-9-4-2-3-5-10(9)12(11)8-14/h2-7H,8H2,1H3. The second kappa shape index (κ2) is 4.66. The smallest absolute Gasteiger partial charge is 0.338 e. The third-order valence-corrected chi connectivity index (χ3v) is 3.14. The highest BCUT2D eigenvalue weighted by Gasteiger charge is 2.13.